The van der Waals surface area contributed by atoms with Crippen LogP contribution in [0.3, 0.4) is 0 Å². The van der Waals surface area contributed by atoms with Gasteiger partial charge in [-0.05, 0) is 41.6 Å². The normalized spacial score (nSPS) is 14.1. The summed E-state index contributed by atoms with van der Waals surface area (Å²) in [7, 11) is -1.12. The summed E-state index contributed by atoms with van der Waals surface area (Å²) in [5, 5.41) is 9.52. The van der Waals surface area contributed by atoms with Crippen molar-refractivity contribution in [2.75, 3.05) is 0 Å². The highest BCUT2D eigenvalue weighted by molar-refractivity contribution is 6.48. The molecular formula is C22H29NOSi. The van der Waals surface area contributed by atoms with Crippen LogP contribution >= 0.6 is 0 Å². The third-order valence-corrected chi connectivity index (χ3v) is 5.09. The highest BCUT2D eigenvalue weighted by Gasteiger charge is 2.27. The minimum Gasteiger partial charge on any atom is -0.413 e. The van der Waals surface area contributed by atoms with E-state index in [-0.39, 0.29) is 17.4 Å². The second kappa shape index (κ2) is 8.47. The Hall–Kier alpha value is -1.89. The predicted molar refractivity (Wildman–Crippen MR) is 107 cm³/mol. The Morgan fingerprint density at radius 1 is 0.960 bits per heavy atom. The van der Waals surface area contributed by atoms with Crippen molar-refractivity contribution in [1.82, 2.24) is 0 Å². The molecule has 0 aliphatic rings. The Kier molecular flexibility index (Phi) is 6.58. The van der Waals surface area contributed by atoms with Crippen LogP contribution in [0.5, 0.6) is 0 Å². The average Bonchev–Trinajstić information content (AvgIpc) is 2.58. The Morgan fingerprint density at radius 2 is 1.56 bits per heavy atom. The molecule has 2 rings (SSSR count). The van der Waals surface area contributed by atoms with Crippen molar-refractivity contribution in [3.8, 4) is 6.07 Å². The van der Waals surface area contributed by atoms with E-state index in [1.54, 1.807) is 0 Å². The lowest BCUT2D eigenvalue weighted by Crippen LogP contribution is -2.25. The van der Waals surface area contributed by atoms with E-state index in [0.717, 1.165) is 12.0 Å². The first kappa shape index (κ1) is 19.4. The van der Waals surface area contributed by atoms with Gasteiger partial charge >= 0.3 is 0 Å². The second-order valence-corrected chi connectivity index (χ2v) is 10.3. The minimum absolute atomic E-state index is 0.0675. The van der Waals surface area contributed by atoms with E-state index < -0.39 is 9.04 Å². The van der Waals surface area contributed by atoms with Crippen LogP contribution in [0.2, 0.25) is 13.1 Å². The molecule has 0 saturated heterocycles. The van der Waals surface area contributed by atoms with Gasteiger partial charge in [-0.2, -0.15) is 5.26 Å². The smallest absolute Gasteiger partial charge is 0.171 e. The molecule has 2 aromatic carbocycles. The summed E-state index contributed by atoms with van der Waals surface area (Å²) in [6.45, 7) is 11.1. The topological polar surface area (TPSA) is 33.0 Å². The molecule has 0 bridgehead atoms. The van der Waals surface area contributed by atoms with Gasteiger partial charge in [0.15, 0.2) is 9.04 Å². The van der Waals surface area contributed by atoms with Gasteiger partial charge in [0.25, 0.3) is 0 Å². The maximum atomic E-state index is 9.52. The third kappa shape index (κ3) is 5.56. The van der Waals surface area contributed by atoms with E-state index in [9.17, 15) is 5.26 Å². The third-order valence-electron chi connectivity index (χ3n) is 4.27. The summed E-state index contributed by atoms with van der Waals surface area (Å²) in [6, 6.07) is 21.1. The molecular weight excluding hydrogens is 322 g/mol. The van der Waals surface area contributed by atoms with Crippen molar-refractivity contribution < 1.29 is 4.43 Å². The Bertz CT molecular complexity index is 696. The van der Waals surface area contributed by atoms with Crippen LogP contribution in [-0.2, 0) is 10.8 Å². The number of rotatable bonds is 6. The van der Waals surface area contributed by atoms with Gasteiger partial charge in [-0.1, -0.05) is 75.4 Å². The molecule has 0 radical (unpaired) electrons. The number of benzene rings is 2. The van der Waals surface area contributed by atoms with E-state index in [0.29, 0.717) is 0 Å². The van der Waals surface area contributed by atoms with Crippen molar-refractivity contribution in [2.45, 2.75) is 52.3 Å². The quantitative estimate of drug-likeness (QED) is 0.632. The molecule has 0 spiro atoms. The molecule has 0 saturated carbocycles. The summed E-state index contributed by atoms with van der Waals surface area (Å²) in [4.78, 5) is 0. The van der Waals surface area contributed by atoms with Gasteiger partial charge in [-0.3, -0.25) is 0 Å². The Labute approximate surface area is 154 Å². The maximum Gasteiger partial charge on any atom is 0.171 e. The fourth-order valence-electron chi connectivity index (χ4n) is 3.04. The van der Waals surface area contributed by atoms with Crippen molar-refractivity contribution in [2.24, 2.45) is 5.41 Å². The van der Waals surface area contributed by atoms with Crippen molar-refractivity contribution in [1.29, 1.82) is 5.26 Å². The molecule has 0 fully saturated rings. The summed E-state index contributed by atoms with van der Waals surface area (Å²) < 4.78 is 6.30. The number of nitrogens with zero attached hydrogens (tertiary/aromatic N) is 1. The zero-order valence-electron chi connectivity index (χ0n) is 16.0. The highest BCUT2D eigenvalue weighted by atomic mass is 28.3. The van der Waals surface area contributed by atoms with E-state index in [1.165, 1.54) is 11.1 Å². The lowest BCUT2D eigenvalue weighted by Gasteiger charge is -2.33. The number of nitriles is 1. The van der Waals surface area contributed by atoms with Crippen LogP contribution in [0, 0.1) is 16.7 Å². The molecule has 0 aliphatic carbocycles. The first-order valence-electron chi connectivity index (χ1n) is 9.00. The van der Waals surface area contributed by atoms with Crippen LogP contribution in [0.15, 0.2) is 54.6 Å². The molecule has 25 heavy (non-hydrogen) atoms. The lowest BCUT2D eigenvalue weighted by atomic mass is 9.84. The van der Waals surface area contributed by atoms with Crippen molar-refractivity contribution in [3.05, 3.63) is 71.3 Å². The van der Waals surface area contributed by atoms with E-state index in [2.05, 4.69) is 64.2 Å². The van der Waals surface area contributed by atoms with Crippen molar-refractivity contribution >= 4 is 9.04 Å². The van der Waals surface area contributed by atoms with Gasteiger partial charge in [0.2, 0.25) is 0 Å². The molecule has 2 unspecified atom stereocenters. The van der Waals surface area contributed by atoms with Crippen LogP contribution in [0.1, 0.15) is 49.5 Å². The van der Waals surface area contributed by atoms with Crippen LogP contribution in [0.4, 0.5) is 0 Å². The molecule has 0 aromatic heterocycles. The summed E-state index contributed by atoms with van der Waals surface area (Å²) in [6.07, 6.45) is 0.856. The van der Waals surface area contributed by atoms with Gasteiger partial charge in [0, 0.05) is 0 Å². The number of hydrogen-bond donors (Lipinski definition) is 0. The van der Waals surface area contributed by atoms with Crippen LogP contribution in [0.25, 0.3) is 0 Å². The van der Waals surface area contributed by atoms with Gasteiger partial charge in [0.1, 0.15) is 0 Å². The molecule has 0 N–H and O–H groups in total. The Balaban J connectivity index is 2.17. The SMILES string of the molecule is C[SiH](C)OC(c1ccc(CC(C#N)c2ccccc2)cc1)C(C)(C)C. The average molecular weight is 352 g/mol. The van der Waals surface area contributed by atoms with Crippen molar-refractivity contribution in [3.63, 3.8) is 0 Å². The van der Waals surface area contributed by atoms with E-state index in [1.807, 2.05) is 30.3 Å². The zero-order valence-corrected chi connectivity index (χ0v) is 17.1. The molecule has 132 valence electrons. The molecule has 0 heterocycles. The fraction of sp³-hybridized carbons (Fsp3) is 0.409. The summed E-state index contributed by atoms with van der Waals surface area (Å²) in [5.41, 5.74) is 3.56. The van der Waals surface area contributed by atoms with Crippen LogP contribution in [-0.4, -0.2) is 9.04 Å². The highest BCUT2D eigenvalue weighted by Crippen LogP contribution is 2.36. The first-order chi connectivity index (χ1) is 11.8. The molecule has 2 nitrogen and oxygen atoms in total. The molecule has 0 amide bonds. The van der Waals surface area contributed by atoms with E-state index >= 15 is 0 Å². The lowest BCUT2D eigenvalue weighted by molar-refractivity contribution is 0.0866. The molecule has 3 heteroatoms. The fourth-order valence-corrected chi connectivity index (χ4v) is 4.15. The monoisotopic (exact) mass is 351 g/mol. The van der Waals surface area contributed by atoms with Gasteiger partial charge in [-0.15, -0.1) is 0 Å². The Morgan fingerprint density at radius 3 is 2.04 bits per heavy atom. The van der Waals surface area contributed by atoms with Crippen LogP contribution < -0.4 is 0 Å². The summed E-state index contributed by atoms with van der Waals surface area (Å²) >= 11 is 0. The van der Waals surface area contributed by atoms with Gasteiger partial charge in [0.05, 0.1) is 18.1 Å². The first-order valence-corrected chi connectivity index (χ1v) is 11.8. The molecule has 2 atom stereocenters. The van der Waals surface area contributed by atoms with Gasteiger partial charge < -0.3 is 4.43 Å². The van der Waals surface area contributed by atoms with E-state index in [4.69, 9.17) is 4.43 Å². The largest absolute Gasteiger partial charge is 0.413 e. The zero-order chi connectivity index (χ0) is 18.4. The molecule has 2 aromatic rings. The maximum absolute atomic E-state index is 9.52. The standard InChI is InChI=1S/C22H29NOSi/c1-22(2,3)21(24-25(4)5)19-13-11-17(12-14-19)15-20(16-23)18-9-7-6-8-10-18/h6-14,20-21,25H,15H2,1-5H3. The second-order valence-electron chi connectivity index (χ2n) is 7.97. The molecule has 0 aliphatic heterocycles. The minimum atomic E-state index is -1.12. The van der Waals surface area contributed by atoms with Gasteiger partial charge in [-0.25, -0.2) is 0 Å². The number of hydrogen-bond acceptors (Lipinski definition) is 2. The summed E-state index contributed by atoms with van der Waals surface area (Å²) in [5.74, 6) is -0.107. The predicted octanol–water partition coefficient (Wildman–Crippen LogP) is 5.62.